The summed E-state index contributed by atoms with van der Waals surface area (Å²) in [4.78, 5) is 0.0678. The Morgan fingerprint density at radius 3 is 2.36 bits per heavy atom. The highest BCUT2D eigenvalue weighted by molar-refractivity contribution is 7.89. The fraction of sp³-hybridized carbons (Fsp3) is 0.125. The molecule has 0 aliphatic carbocycles. The maximum absolute atomic E-state index is 10.9. The van der Waals surface area contributed by atoms with Crippen molar-refractivity contribution in [2.75, 3.05) is 0 Å². The zero-order valence-corrected chi connectivity index (χ0v) is 8.08. The maximum atomic E-state index is 10.9. The molecule has 0 atom stereocenters. The van der Waals surface area contributed by atoms with Gasteiger partial charge < -0.3 is 5.32 Å². The standard InChI is InChI=1S/C8H9N3O2S/c9-6-11-5-7-1-3-8(4-2-7)14(10,12)13/h1-4,11H,5H2,(H2,10,12,13). The van der Waals surface area contributed by atoms with E-state index in [1.165, 1.54) is 12.1 Å². The van der Waals surface area contributed by atoms with Crippen molar-refractivity contribution in [3.05, 3.63) is 29.8 Å². The first-order valence-electron chi connectivity index (χ1n) is 3.78. The summed E-state index contributed by atoms with van der Waals surface area (Å²) in [5, 5.41) is 15.6. The van der Waals surface area contributed by atoms with E-state index >= 15 is 0 Å². The number of hydrogen-bond acceptors (Lipinski definition) is 4. The van der Waals surface area contributed by atoms with Crippen molar-refractivity contribution < 1.29 is 8.42 Å². The quantitative estimate of drug-likeness (QED) is 0.539. The number of sulfonamides is 1. The van der Waals surface area contributed by atoms with Crippen LogP contribution < -0.4 is 10.5 Å². The molecule has 0 unspecified atom stereocenters. The molecule has 0 saturated heterocycles. The van der Waals surface area contributed by atoms with Gasteiger partial charge in [-0.15, -0.1) is 0 Å². The molecule has 6 heteroatoms. The van der Waals surface area contributed by atoms with E-state index in [0.29, 0.717) is 6.54 Å². The van der Waals surface area contributed by atoms with Crippen LogP contribution in [0.4, 0.5) is 0 Å². The largest absolute Gasteiger partial charge is 0.319 e. The lowest BCUT2D eigenvalue weighted by Crippen LogP contribution is -2.12. The van der Waals surface area contributed by atoms with Gasteiger partial charge in [-0.05, 0) is 17.7 Å². The minimum atomic E-state index is -3.63. The summed E-state index contributed by atoms with van der Waals surface area (Å²) in [7, 11) is -3.63. The fourth-order valence-corrected chi connectivity index (χ4v) is 1.45. The number of hydrogen-bond donors (Lipinski definition) is 2. The highest BCUT2D eigenvalue weighted by atomic mass is 32.2. The lowest BCUT2D eigenvalue weighted by atomic mass is 10.2. The Balaban J connectivity index is 2.86. The van der Waals surface area contributed by atoms with Gasteiger partial charge in [0.1, 0.15) is 0 Å². The van der Waals surface area contributed by atoms with E-state index in [2.05, 4.69) is 5.32 Å². The van der Waals surface area contributed by atoms with Gasteiger partial charge in [-0.25, -0.2) is 13.6 Å². The molecular formula is C8H9N3O2S. The minimum Gasteiger partial charge on any atom is -0.319 e. The minimum absolute atomic E-state index is 0.0678. The summed E-state index contributed by atoms with van der Waals surface area (Å²) in [6.07, 6.45) is 1.77. The maximum Gasteiger partial charge on any atom is 0.238 e. The van der Waals surface area contributed by atoms with Gasteiger partial charge in [0.25, 0.3) is 0 Å². The van der Waals surface area contributed by atoms with Crippen molar-refractivity contribution in [2.45, 2.75) is 11.4 Å². The van der Waals surface area contributed by atoms with Crippen LogP contribution in [0.15, 0.2) is 29.2 Å². The Hall–Kier alpha value is -1.58. The summed E-state index contributed by atoms with van der Waals surface area (Å²) in [6, 6.07) is 6.02. The van der Waals surface area contributed by atoms with Crippen molar-refractivity contribution in [1.82, 2.24) is 5.32 Å². The number of nitrogens with zero attached hydrogens (tertiary/aromatic N) is 1. The van der Waals surface area contributed by atoms with E-state index in [1.807, 2.05) is 0 Å². The van der Waals surface area contributed by atoms with Crippen LogP contribution in [0.3, 0.4) is 0 Å². The van der Waals surface area contributed by atoms with Gasteiger partial charge in [0.05, 0.1) is 4.90 Å². The molecule has 0 heterocycles. The lowest BCUT2D eigenvalue weighted by Gasteiger charge is -2.00. The van der Waals surface area contributed by atoms with Crippen molar-refractivity contribution >= 4 is 10.0 Å². The zero-order valence-electron chi connectivity index (χ0n) is 7.27. The van der Waals surface area contributed by atoms with E-state index in [-0.39, 0.29) is 4.90 Å². The number of benzene rings is 1. The molecule has 14 heavy (non-hydrogen) atoms. The van der Waals surface area contributed by atoms with Crippen LogP contribution in [0.1, 0.15) is 5.56 Å². The van der Waals surface area contributed by atoms with Crippen LogP contribution in [0.2, 0.25) is 0 Å². The Morgan fingerprint density at radius 1 is 1.36 bits per heavy atom. The van der Waals surface area contributed by atoms with Crippen LogP contribution in [0, 0.1) is 11.5 Å². The molecule has 0 amide bonds. The van der Waals surface area contributed by atoms with Gasteiger partial charge in [0.2, 0.25) is 10.0 Å². The Bertz CT molecular complexity index is 444. The normalized spacial score (nSPS) is 10.6. The van der Waals surface area contributed by atoms with Gasteiger partial charge in [0.15, 0.2) is 6.19 Å². The van der Waals surface area contributed by atoms with E-state index in [1.54, 1.807) is 18.3 Å². The van der Waals surface area contributed by atoms with Crippen LogP contribution in [-0.2, 0) is 16.6 Å². The SMILES string of the molecule is N#CNCc1ccc(S(N)(=O)=O)cc1. The Kier molecular flexibility index (Phi) is 3.06. The van der Waals surface area contributed by atoms with Crippen molar-refractivity contribution in [1.29, 1.82) is 5.26 Å². The second kappa shape index (κ2) is 4.09. The third-order valence-electron chi connectivity index (χ3n) is 1.62. The first-order valence-corrected chi connectivity index (χ1v) is 5.32. The third kappa shape index (κ3) is 2.73. The number of rotatable bonds is 3. The molecule has 0 aromatic heterocycles. The van der Waals surface area contributed by atoms with Crippen LogP contribution in [0.25, 0.3) is 0 Å². The summed E-state index contributed by atoms with van der Waals surface area (Å²) >= 11 is 0. The molecule has 3 N–H and O–H groups in total. The molecule has 1 aromatic carbocycles. The van der Waals surface area contributed by atoms with E-state index < -0.39 is 10.0 Å². The van der Waals surface area contributed by atoms with Crippen molar-refractivity contribution in [2.24, 2.45) is 5.14 Å². The predicted octanol–water partition coefficient (Wildman–Crippen LogP) is -0.0953. The molecule has 5 nitrogen and oxygen atoms in total. The molecule has 1 rings (SSSR count). The fourth-order valence-electron chi connectivity index (χ4n) is 0.939. The van der Waals surface area contributed by atoms with E-state index in [9.17, 15) is 8.42 Å². The second-order valence-electron chi connectivity index (χ2n) is 2.65. The molecule has 0 aliphatic rings. The predicted molar refractivity (Wildman–Crippen MR) is 50.3 cm³/mol. The summed E-state index contributed by atoms with van der Waals surface area (Å²) < 4.78 is 21.7. The molecule has 0 bridgehead atoms. The number of nitriles is 1. The molecule has 1 aromatic rings. The number of primary sulfonamides is 1. The first kappa shape index (κ1) is 10.5. The average Bonchev–Trinajstić information content (AvgIpc) is 2.14. The topological polar surface area (TPSA) is 96.0 Å². The van der Waals surface area contributed by atoms with Crippen molar-refractivity contribution in [3.63, 3.8) is 0 Å². The molecular weight excluding hydrogens is 202 g/mol. The van der Waals surface area contributed by atoms with Crippen molar-refractivity contribution in [3.8, 4) is 6.19 Å². The molecule has 0 aliphatic heterocycles. The highest BCUT2D eigenvalue weighted by Gasteiger charge is 2.05. The van der Waals surface area contributed by atoms with Gasteiger partial charge in [-0.2, -0.15) is 5.26 Å². The molecule has 0 saturated carbocycles. The van der Waals surface area contributed by atoms with Crippen LogP contribution in [0.5, 0.6) is 0 Å². The molecule has 0 fully saturated rings. The first-order chi connectivity index (χ1) is 6.54. The molecule has 74 valence electrons. The van der Waals surface area contributed by atoms with Gasteiger partial charge in [0, 0.05) is 6.54 Å². The van der Waals surface area contributed by atoms with E-state index in [4.69, 9.17) is 10.4 Å². The second-order valence-corrected chi connectivity index (χ2v) is 4.22. The van der Waals surface area contributed by atoms with Gasteiger partial charge in [-0.1, -0.05) is 12.1 Å². The van der Waals surface area contributed by atoms with Gasteiger partial charge in [-0.3, -0.25) is 0 Å². The smallest absolute Gasteiger partial charge is 0.238 e. The third-order valence-corrected chi connectivity index (χ3v) is 2.55. The molecule has 0 radical (unpaired) electrons. The lowest BCUT2D eigenvalue weighted by molar-refractivity contribution is 0.597. The monoisotopic (exact) mass is 211 g/mol. The van der Waals surface area contributed by atoms with Crippen LogP contribution >= 0.6 is 0 Å². The number of nitrogens with two attached hydrogens (primary N) is 1. The average molecular weight is 211 g/mol. The Morgan fingerprint density at radius 2 is 1.93 bits per heavy atom. The zero-order chi connectivity index (χ0) is 10.6. The van der Waals surface area contributed by atoms with E-state index in [0.717, 1.165) is 5.56 Å². The highest BCUT2D eigenvalue weighted by Crippen LogP contribution is 2.08. The summed E-state index contributed by atoms with van der Waals surface area (Å²) in [5.74, 6) is 0. The Labute approximate surface area is 82.2 Å². The summed E-state index contributed by atoms with van der Waals surface area (Å²) in [5.41, 5.74) is 0.818. The van der Waals surface area contributed by atoms with Gasteiger partial charge >= 0.3 is 0 Å². The molecule has 0 spiro atoms. The number of nitrogens with one attached hydrogen (secondary N) is 1. The summed E-state index contributed by atoms with van der Waals surface area (Å²) in [6.45, 7) is 0.376. The van der Waals surface area contributed by atoms with Crippen LogP contribution in [-0.4, -0.2) is 8.42 Å².